The first-order valence-electron chi connectivity index (χ1n) is 5.37. The average Bonchev–Trinajstić information content (AvgIpc) is 2.29. The molecule has 0 aliphatic heterocycles. The zero-order valence-corrected chi connectivity index (χ0v) is 9.61. The van der Waals surface area contributed by atoms with Crippen LogP contribution in [0.3, 0.4) is 0 Å². The van der Waals surface area contributed by atoms with Gasteiger partial charge in [0, 0.05) is 5.56 Å². The van der Waals surface area contributed by atoms with Gasteiger partial charge in [0.15, 0.2) is 11.6 Å². The lowest BCUT2D eigenvalue weighted by molar-refractivity contribution is 0.132. The van der Waals surface area contributed by atoms with E-state index in [0.717, 1.165) is 6.42 Å². The number of hydrogen-bond donors (Lipinski definition) is 2. The summed E-state index contributed by atoms with van der Waals surface area (Å²) in [6.45, 7) is 1.94. The van der Waals surface area contributed by atoms with Crippen LogP contribution in [0.2, 0.25) is 0 Å². The van der Waals surface area contributed by atoms with Crippen molar-refractivity contribution in [1.82, 2.24) is 0 Å². The number of ether oxygens (including phenoxy) is 1. The summed E-state index contributed by atoms with van der Waals surface area (Å²) in [7, 11) is 1.40. The molecule has 16 heavy (non-hydrogen) atoms. The molecule has 4 heteroatoms. The first-order valence-corrected chi connectivity index (χ1v) is 5.37. The highest BCUT2D eigenvalue weighted by Crippen LogP contribution is 2.26. The number of halogens is 1. The van der Waals surface area contributed by atoms with Crippen LogP contribution in [0.1, 0.15) is 31.4 Å². The fraction of sp³-hybridized carbons (Fsp3) is 0.500. The summed E-state index contributed by atoms with van der Waals surface area (Å²) >= 11 is 0. The lowest BCUT2D eigenvalue weighted by atomic mass is 9.98. The zero-order valence-electron chi connectivity index (χ0n) is 9.61. The third-order valence-corrected chi connectivity index (χ3v) is 2.57. The summed E-state index contributed by atoms with van der Waals surface area (Å²) in [5.74, 6) is -0.343. The summed E-state index contributed by atoms with van der Waals surface area (Å²) < 4.78 is 18.7. The Morgan fingerprint density at radius 2 is 2.19 bits per heavy atom. The number of nitrogens with two attached hydrogens (primary N) is 1. The van der Waals surface area contributed by atoms with Gasteiger partial charge in [-0.05, 0) is 12.5 Å². The molecule has 0 bridgehead atoms. The van der Waals surface area contributed by atoms with Crippen molar-refractivity contribution in [3.8, 4) is 5.75 Å². The van der Waals surface area contributed by atoms with Gasteiger partial charge in [0.25, 0.3) is 0 Å². The molecule has 0 heterocycles. The fourth-order valence-corrected chi connectivity index (χ4v) is 1.63. The molecular weight excluding hydrogens is 209 g/mol. The molecule has 0 radical (unpaired) electrons. The van der Waals surface area contributed by atoms with E-state index in [4.69, 9.17) is 10.5 Å². The van der Waals surface area contributed by atoms with Gasteiger partial charge in [-0.15, -0.1) is 0 Å². The van der Waals surface area contributed by atoms with E-state index >= 15 is 0 Å². The molecule has 1 rings (SSSR count). The fourth-order valence-electron chi connectivity index (χ4n) is 1.63. The second-order valence-electron chi connectivity index (χ2n) is 3.75. The first-order chi connectivity index (χ1) is 7.61. The summed E-state index contributed by atoms with van der Waals surface area (Å²) in [5, 5.41) is 9.73. The van der Waals surface area contributed by atoms with Crippen LogP contribution < -0.4 is 10.5 Å². The quantitative estimate of drug-likeness (QED) is 0.808. The molecule has 0 aliphatic carbocycles. The Morgan fingerprint density at radius 3 is 2.75 bits per heavy atom. The van der Waals surface area contributed by atoms with Crippen LogP contribution in [0, 0.1) is 5.82 Å². The highest BCUT2D eigenvalue weighted by Gasteiger charge is 2.21. The minimum absolute atomic E-state index is 0.150. The van der Waals surface area contributed by atoms with Crippen molar-refractivity contribution in [2.24, 2.45) is 5.73 Å². The van der Waals surface area contributed by atoms with E-state index in [1.165, 1.54) is 13.2 Å². The van der Waals surface area contributed by atoms with E-state index in [9.17, 15) is 9.50 Å². The topological polar surface area (TPSA) is 55.5 Å². The second-order valence-corrected chi connectivity index (χ2v) is 3.75. The lowest BCUT2D eigenvalue weighted by Gasteiger charge is -2.19. The van der Waals surface area contributed by atoms with E-state index in [1.807, 2.05) is 6.92 Å². The van der Waals surface area contributed by atoms with Crippen molar-refractivity contribution in [3.63, 3.8) is 0 Å². The minimum Gasteiger partial charge on any atom is -0.494 e. The molecule has 0 aromatic heterocycles. The molecule has 1 aromatic carbocycles. The molecule has 1 aromatic rings. The molecule has 2 atom stereocenters. The summed E-state index contributed by atoms with van der Waals surface area (Å²) in [5.41, 5.74) is 6.10. The molecule has 0 spiro atoms. The van der Waals surface area contributed by atoms with Gasteiger partial charge in [0.05, 0.1) is 19.3 Å². The molecule has 0 saturated heterocycles. The summed E-state index contributed by atoms with van der Waals surface area (Å²) in [6, 6.07) is 4.05. The van der Waals surface area contributed by atoms with Gasteiger partial charge >= 0.3 is 0 Å². The average molecular weight is 227 g/mol. The van der Waals surface area contributed by atoms with Gasteiger partial charge in [-0.25, -0.2) is 4.39 Å². The molecule has 90 valence electrons. The van der Waals surface area contributed by atoms with E-state index in [2.05, 4.69) is 0 Å². The molecule has 0 amide bonds. The van der Waals surface area contributed by atoms with E-state index in [1.54, 1.807) is 12.1 Å². The zero-order chi connectivity index (χ0) is 12.1. The Kier molecular flexibility index (Phi) is 4.71. The highest BCUT2D eigenvalue weighted by molar-refractivity contribution is 5.33. The lowest BCUT2D eigenvalue weighted by Crippen LogP contribution is -2.27. The number of methoxy groups -OCH3 is 1. The molecule has 3 nitrogen and oxygen atoms in total. The monoisotopic (exact) mass is 227 g/mol. The molecule has 0 saturated carbocycles. The smallest absolute Gasteiger partial charge is 0.169 e. The Hall–Kier alpha value is -1.13. The van der Waals surface area contributed by atoms with E-state index in [-0.39, 0.29) is 5.75 Å². The van der Waals surface area contributed by atoms with Crippen LogP contribution in [-0.2, 0) is 0 Å². The maximum Gasteiger partial charge on any atom is 0.169 e. The predicted octanol–water partition coefficient (Wildman–Crippen LogP) is 2.00. The van der Waals surface area contributed by atoms with Gasteiger partial charge in [-0.1, -0.05) is 25.5 Å². The SMILES string of the molecule is CCC[C@H](O)[C@H](N)c1cccc(OC)c1F. The highest BCUT2D eigenvalue weighted by atomic mass is 19.1. The van der Waals surface area contributed by atoms with E-state index in [0.29, 0.717) is 12.0 Å². The van der Waals surface area contributed by atoms with Crippen molar-refractivity contribution in [3.05, 3.63) is 29.6 Å². The van der Waals surface area contributed by atoms with Crippen LogP contribution in [0.15, 0.2) is 18.2 Å². The van der Waals surface area contributed by atoms with E-state index < -0.39 is 18.0 Å². The Bertz CT molecular complexity index is 344. The molecule has 0 unspecified atom stereocenters. The van der Waals surface area contributed by atoms with Gasteiger partial charge in [0.1, 0.15) is 0 Å². The Labute approximate surface area is 95.0 Å². The van der Waals surface area contributed by atoms with Crippen LogP contribution in [-0.4, -0.2) is 18.3 Å². The number of hydrogen-bond acceptors (Lipinski definition) is 3. The maximum atomic E-state index is 13.8. The maximum absolute atomic E-state index is 13.8. The normalized spacial score (nSPS) is 14.6. The van der Waals surface area contributed by atoms with Gasteiger partial charge in [0.2, 0.25) is 0 Å². The van der Waals surface area contributed by atoms with Crippen molar-refractivity contribution < 1.29 is 14.2 Å². The third-order valence-electron chi connectivity index (χ3n) is 2.57. The largest absolute Gasteiger partial charge is 0.494 e. The number of aliphatic hydroxyl groups excluding tert-OH is 1. The van der Waals surface area contributed by atoms with Gasteiger partial charge in [-0.3, -0.25) is 0 Å². The number of benzene rings is 1. The van der Waals surface area contributed by atoms with Crippen molar-refractivity contribution in [2.45, 2.75) is 31.9 Å². The molecule has 3 N–H and O–H groups in total. The Morgan fingerprint density at radius 1 is 1.50 bits per heavy atom. The minimum atomic E-state index is -0.730. The number of rotatable bonds is 5. The molecule has 0 aliphatic rings. The second kappa shape index (κ2) is 5.82. The van der Waals surface area contributed by atoms with Crippen molar-refractivity contribution in [2.75, 3.05) is 7.11 Å². The van der Waals surface area contributed by atoms with Crippen molar-refractivity contribution >= 4 is 0 Å². The van der Waals surface area contributed by atoms with Crippen LogP contribution in [0.5, 0.6) is 5.75 Å². The third kappa shape index (κ3) is 2.71. The van der Waals surface area contributed by atoms with Crippen LogP contribution in [0.25, 0.3) is 0 Å². The van der Waals surface area contributed by atoms with Gasteiger partial charge in [-0.2, -0.15) is 0 Å². The Balaban J connectivity index is 2.94. The first kappa shape index (κ1) is 12.9. The van der Waals surface area contributed by atoms with Crippen LogP contribution >= 0.6 is 0 Å². The summed E-state index contributed by atoms with van der Waals surface area (Å²) in [4.78, 5) is 0. The molecule has 0 fully saturated rings. The molecular formula is C12H18FNO2. The standard InChI is InChI=1S/C12H18FNO2/c1-3-5-9(15)12(14)8-6-4-7-10(16-2)11(8)13/h4,6-7,9,12,15H,3,5,14H2,1-2H3/t9-,12+/m0/s1. The number of aliphatic hydroxyl groups is 1. The van der Waals surface area contributed by atoms with Crippen LogP contribution in [0.4, 0.5) is 4.39 Å². The summed E-state index contributed by atoms with van der Waals surface area (Å²) in [6.07, 6.45) is 0.629. The van der Waals surface area contributed by atoms with Gasteiger partial charge < -0.3 is 15.6 Å². The van der Waals surface area contributed by atoms with Crippen molar-refractivity contribution in [1.29, 1.82) is 0 Å². The predicted molar refractivity (Wildman–Crippen MR) is 60.8 cm³/mol.